The number of carboxylic acid groups (broad SMARTS) is 1. The molecule has 21 heavy (non-hydrogen) atoms. The third-order valence-corrected chi connectivity index (χ3v) is 2.89. The molecule has 0 aromatic heterocycles. The Labute approximate surface area is 122 Å². The van der Waals surface area contributed by atoms with E-state index in [1.165, 1.54) is 11.1 Å². The highest BCUT2D eigenvalue weighted by Crippen LogP contribution is 2.12. The zero-order valence-electron chi connectivity index (χ0n) is 11.4. The summed E-state index contributed by atoms with van der Waals surface area (Å²) in [6.45, 7) is 0.369. The van der Waals surface area contributed by atoms with E-state index in [2.05, 4.69) is 5.32 Å². The highest BCUT2D eigenvalue weighted by Gasteiger charge is 2.15. The number of rotatable bonds is 4. The van der Waals surface area contributed by atoms with Crippen LogP contribution >= 0.6 is 0 Å². The summed E-state index contributed by atoms with van der Waals surface area (Å²) in [5, 5.41) is 11.6. The number of urea groups is 1. The average molecular weight is 284 g/mol. The van der Waals surface area contributed by atoms with Gasteiger partial charge in [-0.25, -0.2) is 9.59 Å². The molecule has 0 spiro atoms. The Morgan fingerprint density at radius 3 is 2.76 bits per heavy atom. The molecule has 1 aromatic carbocycles. The summed E-state index contributed by atoms with van der Waals surface area (Å²) < 4.78 is 0. The molecule has 2 amide bonds. The van der Waals surface area contributed by atoms with Gasteiger partial charge in [0.05, 0.1) is 5.57 Å². The summed E-state index contributed by atoms with van der Waals surface area (Å²) in [6, 6.07) is 9.39. The molecule has 2 rings (SSSR count). The monoisotopic (exact) mass is 284 g/mol. The quantitative estimate of drug-likeness (QED) is 0.893. The Morgan fingerprint density at radius 2 is 2.05 bits per heavy atom. The van der Waals surface area contributed by atoms with Crippen molar-refractivity contribution < 1.29 is 14.7 Å². The smallest absolute Gasteiger partial charge is 0.333 e. The number of nitrogens with zero attached hydrogens (tertiary/aromatic N) is 1. The second-order valence-electron chi connectivity index (χ2n) is 4.45. The molecule has 1 aliphatic heterocycles. The van der Waals surface area contributed by atoms with Crippen LogP contribution in [0.1, 0.15) is 12.0 Å². The fourth-order valence-corrected chi connectivity index (χ4v) is 1.82. The molecule has 0 aliphatic carbocycles. The maximum Gasteiger partial charge on any atom is 0.333 e. The van der Waals surface area contributed by atoms with Crippen LogP contribution in [0.3, 0.4) is 0 Å². The molecule has 1 aliphatic rings. The Hall–Kier alpha value is -2.82. The van der Waals surface area contributed by atoms with Gasteiger partial charge in [-0.05, 0) is 5.56 Å². The summed E-state index contributed by atoms with van der Waals surface area (Å²) in [5.74, 6) is -1.01. The molecule has 108 valence electrons. The van der Waals surface area contributed by atoms with Crippen LogP contribution in [0.15, 0.2) is 60.5 Å². The van der Waals surface area contributed by atoms with Crippen molar-refractivity contribution in [1.82, 2.24) is 10.2 Å². The van der Waals surface area contributed by atoms with Gasteiger partial charge in [0.25, 0.3) is 0 Å². The Bertz CT molecular complexity index is 603. The number of nitrogens with one attached hydrogen (secondary N) is 1. The van der Waals surface area contributed by atoms with Gasteiger partial charge in [-0.15, -0.1) is 0 Å². The highest BCUT2D eigenvalue weighted by molar-refractivity contribution is 5.88. The lowest BCUT2D eigenvalue weighted by Gasteiger charge is -2.18. The third kappa shape index (κ3) is 4.35. The van der Waals surface area contributed by atoms with Crippen LogP contribution in [-0.2, 0) is 4.79 Å². The molecule has 0 unspecified atom stereocenters. The molecule has 0 radical (unpaired) electrons. The van der Waals surface area contributed by atoms with Gasteiger partial charge >= 0.3 is 12.0 Å². The van der Waals surface area contributed by atoms with Crippen molar-refractivity contribution in [3.05, 3.63) is 66.0 Å². The van der Waals surface area contributed by atoms with Crippen molar-refractivity contribution in [3.8, 4) is 0 Å². The Morgan fingerprint density at radius 1 is 1.29 bits per heavy atom. The molecule has 1 heterocycles. The van der Waals surface area contributed by atoms with E-state index in [-0.39, 0.29) is 11.6 Å². The topological polar surface area (TPSA) is 69.6 Å². The van der Waals surface area contributed by atoms with Crippen LogP contribution < -0.4 is 5.32 Å². The van der Waals surface area contributed by atoms with E-state index in [0.29, 0.717) is 13.0 Å². The van der Waals surface area contributed by atoms with E-state index in [4.69, 9.17) is 5.11 Å². The van der Waals surface area contributed by atoms with E-state index in [1.54, 1.807) is 12.3 Å². The lowest BCUT2D eigenvalue weighted by atomic mass is 10.1. The molecule has 0 atom stereocenters. The summed E-state index contributed by atoms with van der Waals surface area (Å²) in [6.07, 6.45) is 8.60. The normalized spacial score (nSPS) is 14.1. The maximum absolute atomic E-state index is 11.9. The molecule has 2 N–H and O–H groups in total. The van der Waals surface area contributed by atoms with Crippen LogP contribution in [0.5, 0.6) is 0 Å². The third-order valence-electron chi connectivity index (χ3n) is 2.89. The van der Waals surface area contributed by atoms with Gasteiger partial charge in [0, 0.05) is 25.4 Å². The first-order chi connectivity index (χ1) is 10.2. The maximum atomic E-state index is 11.9. The lowest BCUT2D eigenvalue weighted by molar-refractivity contribution is -0.132. The van der Waals surface area contributed by atoms with Crippen molar-refractivity contribution in [3.63, 3.8) is 0 Å². The van der Waals surface area contributed by atoms with Gasteiger partial charge < -0.3 is 10.4 Å². The zero-order valence-corrected chi connectivity index (χ0v) is 11.4. The van der Waals surface area contributed by atoms with E-state index in [1.807, 2.05) is 42.5 Å². The minimum absolute atomic E-state index is 0.187. The molecule has 5 heteroatoms. The number of aliphatic carboxylic acids is 1. The molecule has 0 saturated carbocycles. The van der Waals surface area contributed by atoms with Crippen LogP contribution in [0.2, 0.25) is 0 Å². The number of hydrogen-bond donors (Lipinski definition) is 2. The fraction of sp³-hybridized carbons (Fsp3) is 0.125. The van der Waals surface area contributed by atoms with Crippen LogP contribution in [0, 0.1) is 0 Å². The molecule has 0 saturated heterocycles. The van der Waals surface area contributed by atoms with Gasteiger partial charge in [0.2, 0.25) is 0 Å². The summed E-state index contributed by atoms with van der Waals surface area (Å²) in [7, 11) is 0. The second kappa shape index (κ2) is 7.09. The molecule has 0 fully saturated rings. The molecule has 0 bridgehead atoms. The van der Waals surface area contributed by atoms with Gasteiger partial charge in [-0.3, -0.25) is 4.90 Å². The summed E-state index contributed by atoms with van der Waals surface area (Å²) in [5.41, 5.74) is 1.24. The Balaban J connectivity index is 1.85. The Kier molecular flexibility index (Phi) is 4.93. The highest BCUT2D eigenvalue weighted by atomic mass is 16.4. The van der Waals surface area contributed by atoms with Gasteiger partial charge in [0.1, 0.15) is 0 Å². The van der Waals surface area contributed by atoms with Crippen LogP contribution in [-0.4, -0.2) is 28.6 Å². The van der Waals surface area contributed by atoms with Crippen molar-refractivity contribution in [1.29, 1.82) is 0 Å². The first-order valence-corrected chi connectivity index (χ1v) is 6.55. The van der Waals surface area contributed by atoms with Gasteiger partial charge in [0.15, 0.2) is 0 Å². The minimum atomic E-state index is -1.01. The van der Waals surface area contributed by atoms with Gasteiger partial charge in [-0.1, -0.05) is 48.6 Å². The lowest BCUT2D eigenvalue weighted by Crippen LogP contribution is -2.34. The number of carbonyl (C=O) groups is 2. The second-order valence-corrected chi connectivity index (χ2v) is 4.45. The first-order valence-electron chi connectivity index (χ1n) is 6.55. The van der Waals surface area contributed by atoms with E-state index in [9.17, 15) is 9.59 Å². The van der Waals surface area contributed by atoms with E-state index >= 15 is 0 Å². The summed E-state index contributed by atoms with van der Waals surface area (Å²) in [4.78, 5) is 24.0. The van der Waals surface area contributed by atoms with Crippen LogP contribution in [0.4, 0.5) is 4.79 Å². The predicted molar refractivity (Wildman–Crippen MR) is 80.2 cm³/mol. The number of benzene rings is 1. The number of carboxylic acids is 1. The number of carbonyl (C=O) groups excluding carboxylic acids is 1. The SMILES string of the molecule is O=C(O)C1=CN(C(=O)NC/C=C/c2ccccc2)C=CC1. The number of hydrogen-bond acceptors (Lipinski definition) is 2. The molecular weight excluding hydrogens is 268 g/mol. The molecular formula is C16H16N2O3. The van der Waals surface area contributed by atoms with E-state index in [0.717, 1.165) is 5.56 Å². The average Bonchev–Trinajstić information content (AvgIpc) is 2.52. The van der Waals surface area contributed by atoms with E-state index < -0.39 is 5.97 Å². The van der Waals surface area contributed by atoms with Crippen molar-refractivity contribution in [2.45, 2.75) is 6.42 Å². The van der Waals surface area contributed by atoms with Crippen molar-refractivity contribution >= 4 is 18.1 Å². The number of amides is 2. The standard InChI is InChI=1S/C16H16N2O3/c19-15(20)14-9-5-11-18(12-14)16(21)17-10-4-8-13-6-2-1-3-7-13/h1-8,11-12H,9-10H2,(H,17,21)(H,19,20)/b8-4+. The summed E-state index contributed by atoms with van der Waals surface area (Å²) >= 11 is 0. The number of allylic oxidation sites excluding steroid dienone is 1. The van der Waals surface area contributed by atoms with Crippen LogP contribution in [0.25, 0.3) is 6.08 Å². The molecule has 1 aromatic rings. The predicted octanol–water partition coefficient (Wildman–Crippen LogP) is 2.60. The largest absolute Gasteiger partial charge is 0.478 e. The zero-order chi connectivity index (χ0) is 15.1. The first kappa shape index (κ1) is 14.6. The van der Waals surface area contributed by atoms with Crippen molar-refractivity contribution in [2.75, 3.05) is 6.54 Å². The molecule has 5 nitrogen and oxygen atoms in total. The van der Waals surface area contributed by atoms with Gasteiger partial charge in [-0.2, -0.15) is 0 Å². The van der Waals surface area contributed by atoms with Crippen molar-refractivity contribution in [2.24, 2.45) is 0 Å². The fourth-order valence-electron chi connectivity index (χ4n) is 1.82. The minimum Gasteiger partial charge on any atom is -0.478 e.